The first-order valence-electron chi connectivity index (χ1n) is 20.1. The van der Waals surface area contributed by atoms with E-state index in [1.54, 1.807) is 0 Å². The van der Waals surface area contributed by atoms with Crippen LogP contribution in [0, 0.1) is 41.5 Å². The van der Waals surface area contributed by atoms with E-state index >= 15 is 0 Å². The highest BCUT2D eigenvalue weighted by molar-refractivity contribution is 7.26. The number of fused-ring (bicyclic) bond motifs is 7. The normalized spacial score (nSPS) is 12.0. The molecule has 11 rings (SSSR count). The van der Waals surface area contributed by atoms with Gasteiger partial charge >= 0.3 is 0 Å². The van der Waals surface area contributed by atoms with Crippen LogP contribution in [-0.4, -0.2) is 0 Å². The molecule has 1 aromatic heterocycles. The Balaban J connectivity index is 1.24. The van der Waals surface area contributed by atoms with E-state index in [-0.39, 0.29) is 0 Å². The zero-order valence-electron chi connectivity index (χ0n) is 33.3. The molecule has 272 valence electrons. The number of benzene rings is 9. The van der Waals surface area contributed by atoms with Crippen molar-refractivity contribution in [2.75, 3.05) is 0 Å². The molecule has 1 heteroatoms. The summed E-state index contributed by atoms with van der Waals surface area (Å²) in [4.78, 5) is 0. The molecule has 1 heterocycles. The van der Waals surface area contributed by atoms with Crippen molar-refractivity contribution in [2.24, 2.45) is 0 Å². The van der Waals surface area contributed by atoms with Crippen LogP contribution in [0.15, 0.2) is 146 Å². The maximum atomic E-state index is 2.45. The maximum Gasteiger partial charge on any atom is 0.0434 e. The average molecular weight is 747 g/mol. The van der Waals surface area contributed by atoms with Gasteiger partial charge in [0, 0.05) is 25.7 Å². The summed E-state index contributed by atoms with van der Waals surface area (Å²) in [5.74, 6) is 0. The van der Waals surface area contributed by atoms with Gasteiger partial charge in [0.15, 0.2) is 0 Å². The van der Waals surface area contributed by atoms with Crippen molar-refractivity contribution in [2.45, 2.75) is 41.5 Å². The van der Waals surface area contributed by atoms with E-state index in [4.69, 9.17) is 0 Å². The quantitative estimate of drug-likeness (QED) is 0.168. The summed E-state index contributed by atoms with van der Waals surface area (Å²) in [5, 5.41) is 7.95. The zero-order chi connectivity index (χ0) is 38.7. The Morgan fingerprint density at radius 1 is 0.316 bits per heavy atom. The average Bonchev–Trinajstić information content (AvgIpc) is 3.75. The highest BCUT2D eigenvalue weighted by atomic mass is 32.1. The molecule has 1 aliphatic rings. The predicted octanol–water partition coefficient (Wildman–Crippen LogP) is 16.5. The molecule has 0 nitrogen and oxygen atoms in total. The number of rotatable bonds is 4. The van der Waals surface area contributed by atoms with Crippen LogP contribution in [-0.2, 0) is 0 Å². The molecule has 10 aromatic rings. The Morgan fingerprint density at radius 3 is 1.44 bits per heavy atom. The van der Waals surface area contributed by atoms with Gasteiger partial charge in [-0.25, -0.2) is 0 Å². The molecule has 9 aromatic carbocycles. The van der Waals surface area contributed by atoms with Crippen LogP contribution >= 0.6 is 11.3 Å². The van der Waals surface area contributed by atoms with Crippen LogP contribution in [0.25, 0.3) is 108 Å². The van der Waals surface area contributed by atoms with Gasteiger partial charge in [0.05, 0.1) is 0 Å². The van der Waals surface area contributed by atoms with Crippen LogP contribution in [0.5, 0.6) is 0 Å². The first-order valence-corrected chi connectivity index (χ1v) is 20.9. The smallest absolute Gasteiger partial charge is 0.0434 e. The van der Waals surface area contributed by atoms with E-state index in [0.29, 0.717) is 0 Å². The van der Waals surface area contributed by atoms with E-state index in [0.717, 1.165) is 0 Å². The van der Waals surface area contributed by atoms with E-state index in [2.05, 4.69) is 187 Å². The summed E-state index contributed by atoms with van der Waals surface area (Å²) < 4.78 is 2.67. The number of hydrogen-bond donors (Lipinski definition) is 0. The van der Waals surface area contributed by atoms with E-state index in [9.17, 15) is 0 Å². The van der Waals surface area contributed by atoms with Gasteiger partial charge in [-0.3, -0.25) is 0 Å². The molecule has 0 radical (unpaired) electrons. The van der Waals surface area contributed by atoms with Crippen LogP contribution in [0.3, 0.4) is 0 Å². The van der Waals surface area contributed by atoms with E-state index in [1.807, 2.05) is 11.3 Å². The predicted molar refractivity (Wildman–Crippen MR) is 249 cm³/mol. The van der Waals surface area contributed by atoms with Gasteiger partial charge in [-0.05, 0) is 159 Å². The molecule has 0 atom stereocenters. The second-order valence-corrected chi connectivity index (χ2v) is 17.4. The summed E-state index contributed by atoms with van der Waals surface area (Å²) >= 11 is 1.92. The summed E-state index contributed by atoms with van der Waals surface area (Å²) in [7, 11) is 0. The number of thiophene rings is 1. The maximum absolute atomic E-state index is 2.45. The van der Waals surface area contributed by atoms with Gasteiger partial charge in [0.2, 0.25) is 0 Å². The fourth-order valence-electron chi connectivity index (χ4n) is 10.5. The SMILES string of the molecule is Cc1cc(C)c(-c2c3c(c(-c4c(C)cc(C)cc4C)c4ccccc24)-c2ccc(-c4cccc5c4sc4ccc(-c6ccccc6)cc45)c4cccc-3c24)c(C)c1. The van der Waals surface area contributed by atoms with Gasteiger partial charge in [-0.15, -0.1) is 11.3 Å². The lowest BCUT2D eigenvalue weighted by molar-refractivity contribution is 1.32. The fraction of sp³-hybridized carbons (Fsp3) is 0.107. The van der Waals surface area contributed by atoms with Crippen molar-refractivity contribution < 1.29 is 0 Å². The summed E-state index contributed by atoms with van der Waals surface area (Å²) in [5.41, 5.74) is 23.8. The molecule has 57 heavy (non-hydrogen) atoms. The third-order valence-corrected chi connectivity index (χ3v) is 13.8. The lowest BCUT2D eigenvalue weighted by atomic mass is 9.79. The van der Waals surface area contributed by atoms with Crippen molar-refractivity contribution in [3.05, 3.63) is 179 Å². The Hall–Kier alpha value is -6.28. The van der Waals surface area contributed by atoms with Crippen molar-refractivity contribution in [1.82, 2.24) is 0 Å². The van der Waals surface area contributed by atoms with Crippen molar-refractivity contribution in [3.8, 4) is 66.8 Å². The van der Waals surface area contributed by atoms with Gasteiger partial charge in [0.1, 0.15) is 0 Å². The van der Waals surface area contributed by atoms with Gasteiger partial charge in [-0.1, -0.05) is 145 Å². The van der Waals surface area contributed by atoms with Gasteiger partial charge in [0.25, 0.3) is 0 Å². The molecule has 0 spiro atoms. The molecule has 0 unspecified atom stereocenters. The third-order valence-electron chi connectivity index (χ3n) is 12.5. The molecule has 0 aliphatic heterocycles. The second-order valence-electron chi connectivity index (χ2n) is 16.3. The standard InChI is InChI=1S/C56H42S/c1-31-26-33(3)49(34(4)27-31)52-41-16-10-11-17-42(41)53(50-35(5)28-32(2)29-36(50)6)55-46-24-23-39(40-18-12-21-45(51(40)46)54(52)55)43-19-13-20-44-47-30-38(37-14-8-7-9-15-37)22-25-48(47)57-56(43)44/h7-30H,1-6H3. The summed E-state index contributed by atoms with van der Waals surface area (Å²) in [6, 6.07) is 55.2. The Kier molecular flexibility index (Phi) is 7.53. The number of hydrogen-bond acceptors (Lipinski definition) is 1. The summed E-state index contributed by atoms with van der Waals surface area (Å²) in [6.45, 7) is 13.6. The first-order chi connectivity index (χ1) is 27.8. The molecular weight excluding hydrogens is 705 g/mol. The number of aryl methyl sites for hydroxylation is 6. The zero-order valence-corrected chi connectivity index (χ0v) is 34.1. The fourth-order valence-corrected chi connectivity index (χ4v) is 11.7. The second kappa shape index (κ2) is 12.6. The topological polar surface area (TPSA) is 0 Å². The third kappa shape index (κ3) is 4.98. The van der Waals surface area contributed by atoms with Crippen LogP contribution in [0.1, 0.15) is 33.4 Å². The molecule has 0 fully saturated rings. The molecule has 0 saturated heterocycles. The minimum absolute atomic E-state index is 1.25. The Morgan fingerprint density at radius 2 is 0.825 bits per heavy atom. The Labute approximate surface area is 338 Å². The molecule has 1 aliphatic carbocycles. The van der Waals surface area contributed by atoms with E-state index < -0.39 is 0 Å². The van der Waals surface area contributed by atoms with Crippen molar-refractivity contribution in [1.29, 1.82) is 0 Å². The lowest BCUT2D eigenvalue weighted by Crippen LogP contribution is -1.99. The van der Waals surface area contributed by atoms with Crippen molar-refractivity contribution >= 4 is 53.1 Å². The molecule has 0 saturated carbocycles. The molecule has 0 bridgehead atoms. The van der Waals surface area contributed by atoms with E-state index in [1.165, 1.54) is 142 Å². The van der Waals surface area contributed by atoms with Crippen LogP contribution < -0.4 is 0 Å². The Bertz CT molecular complexity index is 3180. The highest BCUT2D eigenvalue weighted by Gasteiger charge is 2.33. The highest BCUT2D eigenvalue weighted by Crippen LogP contribution is 2.60. The molecular formula is C56H42S. The minimum Gasteiger partial charge on any atom is -0.135 e. The van der Waals surface area contributed by atoms with Gasteiger partial charge < -0.3 is 0 Å². The van der Waals surface area contributed by atoms with Crippen molar-refractivity contribution in [3.63, 3.8) is 0 Å². The first kappa shape index (κ1) is 34.0. The monoisotopic (exact) mass is 746 g/mol. The van der Waals surface area contributed by atoms with Gasteiger partial charge in [-0.2, -0.15) is 0 Å². The largest absolute Gasteiger partial charge is 0.135 e. The summed E-state index contributed by atoms with van der Waals surface area (Å²) in [6.07, 6.45) is 0. The van der Waals surface area contributed by atoms with Crippen LogP contribution in [0.4, 0.5) is 0 Å². The molecule has 0 amide bonds. The lowest BCUT2D eigenvalue weighted by Gasteiger charge is -2.24. The molecule has 0 N–H and O–H groups in total. The van der Waals surface area contributed by atoms with Crippen LogP contribution in [0.2, 0.25) is 0 Å². The minimum atomic E-state index is 1.25.